The van der Waals surface area contributed by atoms with Gasteiger partial charge in [-0.1, -0.05) is 6.92 Å². The van der Waals surface area contributed by atoms with E-state index in [0.29, 0.717) is 12.0 Å². The van der Waals surface area contributed by atoms with Crippen molar-refractivity contribution in [3.8, 4) is 6.07 Å². The van der Waals surface area contributed by atoms with E-state index in [2.05, 4.69) is 4.74 Å². The number of nitrogens with zero attached hydrogens (tertiary/aromatic N) is 1. The van der Waals surface area contributed by atoms with Crippen LogP contribution in [0, 0.1) is 11.3 Å². The molecule has 1 aromatic carbocycles. The molecule has 0 aliphatic rings. The molecule has 0 atom stereocenters. The highest BCUT2D eigenvalue weighted by Gasteiger charge is 2.17. The van der Waals surface area contributed by atoms with Crippen molar-refractivity contribution in [3.05, 3.63) is 34.4 Å². The van der Waals surface area contributed by atoms with Gasteiger partial charge in [-0.25, -0.2) is 8.78 Å². The number of ether oxygens (including phenoxy) is 1. The molecule has 0 aromatic heterocycles. The summed E-state index contributed by atoms with van der Waals surface area (Å²) in [7, 11) is 1.21. The molecule has 0 aliphatic carbocycles. The molecule has 0 bridgehead atoms. The van der Waals surface area contributed by atoms with Crippen LogP contribution in [0.15, 0.2) is 12.1 Å². The Morgan fingerprint density at radius 1 is 1.44 bits per heavy atom. The molecule has 0 aliphatic heterocycles. The van der Waals surface area contributed by atoms with Crippen LogP contribution in [0.2, 0.25) is 0 Å². The molecule has 1 rings (SSSR count). The van der Waals surface area contributed by atoms with Crippen molar-refractivity contribution < 1.29 is 18.3 Å². The quantitative estimate of drug-likeness (QED) is 0.775. The van der Waals surface area contributed by atoms with Gasteiger partial charge in [0.1, 0.15) is 0 Å². The molecular formula is C13H13F2NO2. The van der Waals surface area contributed by atoms with Gasteiger partial charge in [-0.15, -0.1) is 0 Å². The standard InChI is InChI=1S/C13H13F2NO2/c1-3-8-4-10(7-16)9(6-12(17)18-2)5-11(8)13(14)15/h4-5,13H,3,6H2,1-2H3. The van der Waals surface area contributed by atoms with Crippen LogP contribution in [0.25, 0.3) is 0 Å². The second-order valence-corrected chi connectivity index (χ2v) is 3.73. The minimum Gasteiger partial charge on any atom is -0.469 e. The first-order valence-corrected chi connectivity index (χ1v) is 5.44. The third-order valence-corrected chi connectivity index (χ3v) is 2.66. The molecule has 18 heavy (non-hydrogen) atoms. The zero-order chi connectivity index (χ0) is 13.7. The van der Waals surface area contributed by atoms with Crippen molar-refractivity contribution in [2.24, 2.45) is 0 Å². The van der Waals surface area contributed by atoms with Gasteiger partial charge in [-0.2, -0.15) is 5.26 Å². The summed E-state index contributed by atoms with van der Waals surface area (Å²) < 4.78 is 30.2. The smallest absolute Gasteiger partial charge is 0.310 e. The third kappa shape index (κ3) is 3.04. The Morgan fingerprint density at radius 3 is 2.56 bits per heavy atom. The Labute approximate surface area is 104 Å². The number of esters is 1. The largest absolute Gasteiger partial charge is 0.469 e. The summed E-state index contributed by atoms with van der Waals surface area (Å²) >= 11 is 0. The van der Waals surface area contributed by atoms with E-state index < -0.39 is 12.4 Å². The Balaban J connectivity index is 3.28. The van der Waals surface area contributed by atoms with Gasteiger partial charge < -0.3 is 4.74 Å². The Morgan fingerprint density at radius 2 is 2.11 bits per heavy atom. The van der Waals surface area contributed by atoms with E-state index in [4.69, 9.17) is 5.26 Å². The fraction of sp³-hybridized carbons (Fsp3) is 0.385. The van der Waals surface area contributed by atoms with Crippen LogP contribution in [0.4, 0.5) is 8.78 Å². The predicted molar refractivity (Wildman–Crippen MR) is 61.2 cm³/mol. The number of hydrogen-bond acceptors (Lipinski definition) is 3. The van der Waals surface area contributed by atoms with Gasteiger partial charge >= 0.3 is 5.97 Å². The van der Waals surface area contributed by atoms with Crippen LogP contribution in [-0.4, -0.2) is 13.1 Å². The lowest BCUT2D eigenvalue weighted by atomic mass is 9.96. The van der Waals surface area contributed by atoms with E-state index in [1.807, 2.05) is 6.07 Å². The SMILES string of the molecule is CCc1cc(C#N)c(CC(=O)OC)cc1C(F)F. The minimum atomic E-state index is -2.62. The van der Waals surface area contributed by atoms with Gasteiger partial charge in [0.25, 0.3) is 6.43 Å². The van der Waals surface area contributed by atoms with Crippen LogP contribution in [0.5, 0.6) is 0 Å². The van der Waals surface area contributed by atoms with Crippen molar-refractivity contribution >= 4 is 5.97 Å². The fourth-order valence-electron chi connectivity index (χ4n) is 1.70. The molecule has 3 nitrogen and oxygen atoms in total. The van der Waals surface area contributed by atoms with E-state index in [1.165, 1.54) is 19.2 Å². The topological polar surface area (TPSA) is 50.1 Å². The monoisotopic (exact) mass is 253 g/mol. The second kappa shape index (κ2) is 6.10. The zero-order valence-electron chi connectivity index (χ0n) is 10.2. The fourth-order valence-corrected chi connectivity index (χ4v) is 1.70. The lowest BCUT2D eigenvalue weighted by molar-refractivity contribution is -0.139. The Hall–Kier alpha value is -1.96. The van der Waals surface area contributed by atoms with Crippen molar-refractivity contribution in [2.75, 3.05) is 7.11 Å². The first-order chi connectivity index (χ1) is 8.53. The minimum absolute atomic E-state index is 0.129. The van der Waals surface area contributed by atoms with E-state index in [1.54, 1.807) is 6.92 Å². The molecule has 0 saturated heterocycles. The van der Waals surface area contributed by atoms with Gasteiger partial charge in [0.15, 0.2) is 0 Å². The summed E-state index contributed by atoms with van der Waals surface area (Å²) in [6.45, 7) is 1.74. The Bertz CT molecular complexity index is 492. The predicted octanol–water partition coefficient (Wildman–Crippen LogP) is 2.77. The number of aryl methyl sites for hydroxylation is 1. The number of benzene rings is 1. The molecule has 96 valence electrons. The first kappa shape index (κ1) is 14.1. The van der Waals surface area contributed by atoms with Crippen molar-refractivity contribution in [1.82, 2.24) is 0 Å². The molecule has 0 fully saturated rings. The third-order valence-electron chi connectivity index (χ3n) is 2.66. The number of methoxy groups -OCH3 is 1. The summed E-state index contributed by atoms with van der Waals surface area (Å²) in [6.07, 6.45) is -2.39. The highest BCUT2D eigenvalue weighted by atomic mass is 19.3. The highest BCUT2D eigenvalue weighted by Crippen LogP contribution is 2.27. The number of alkyl halides is 2. The second-order valence-electron chi connectivity index (χ2n) is 3.73. The molecule has 1 aromatic rings. The van der Waals surface area contributed by atoms with E-state index in [-0.39, 0.29) is 23.1 Å². The average molecular weight is 253 g/mol. The maximum atomic E-state index is 12.9. The molecule has 0 amide bonds. The maximum absolute atomic E-state index is 12.9. The van der Waals surface area contributed by atoms with Gasteiger partial charge in [0.05, 0.1) is 25.2 Å². The molecule has 0 saturated carbocycles. The lowest BCUT2D eigenvalue weighted by Crippen LogP contribution is -2.08. The van der Waals surface area contributed by atoms with Gasteiger partial charge in [-0.3, -0.25) is 4.79 Å². The van der Waals surface area contributed by atoms with Crippen LogP contribution in [0.1, 0.15) is 35.6 Å². The average Bonchev–Trinajstić information content (AvgIpc) is 2.37. The van der Waals surface area contributed by atoms with Crippen molar-refractivity contribution in [1.29, 1.82) is 5.26 Å². The van der Waals surface area contributed by atoms with Gasteiger partial charge in [0.2, 0.25) is 0 Å². The first-order valence-electron chi connectivity index (χ1n) is 5.44. The number of carbonyl (C=O) groups excluding carboxylic acids is 1. The number of hydrogen-bond donors (Lipinski definition) is 0. The van der Waals surface area contributed by atoms with Crippen LogP contribution < -0.4 is 0 Å². The zero-order valence-corrected chi connectivity index (χ0v) is 10.2. The lowest BCUT2D eigenvalue weighted by Gasteiger charge is -2.11. The van der Waals surface area contributed by atoms with Crippen LogP contribution in [0.3, 0.4) is 0 Å². The number of carbonyl (C=O) groups is 1. The van der Waals surface area contributed by atoms with E-state index in [0.717, 1.165) is 0 Å². The molecule has 0 spiro atoms. The summed E-state index contributed by atoms with van der Waals surface area (Å²) in [5.74, 6) is -0.559. The highest BCUT2D eigenvalue weighted by molar-refractivity contribution is 5.73. The number of halogens is 2. The van der Waals surface area contributed by atoms with Crippen LogP contribution >= 0.6 is 0 Å². The number of rotatable bonds is 4. The van der Waals surface area contributed by atoms with Crippen molar-refractivity contribution in [2.45, 2.75) is 26.2 Å². The Kier molecular flexibility index (Phi) is 4.78. The molecule has 0 N–H and O–H groups in total. The molecule has 0 unspecified atom stereocenters. The van der Waals surface area contributed by atoms with Crippen molar-refractivity contribution in [3.63, 3.8) is 0 Å². The normalized spacial score (nSPS) is 10.2. The molecule has 5 heteroatoms. The number of nitriles is 1. The van der Waals surface area contributed by atoms with Crippen LogP contribution in [-0.2, 0) is 22.4 Å². The summed E-state index contributed by atoms with van der Waals surface area (Å²) in [5.41, 5.74) is 0.809. The molecule has 0 heterocycles. The molecule has 0 radical (unpaired) electrons. The van der Waals surface area contributed by atoms with E-state index in [9.17, 15) is 13.6 Å². The maximum Gasteiger partial charge on any atom is 0.310 e. The molecular weight excluding hydrogens is 240 g/mol. The van der Waals surface area contributed by atoms with Gasteiger partial charge in [-0.05, 0) is 29.7 Å². The summed E-state index contributed by atoms with van der Waals surface area (Å²) in [5, 5.41) is 8.96. The summed E-state index contributed by atoms with van der Waals surface area (Å²) in [6, 6.07) is 4.55. The summed E-state index contributed by atoms with van der Waals surface area (Å²) in [4.78, 5) is 11.2. The van der Waals surface area contributed by atoms with E-state index >= 15 is 0 Å². The van der Waals surface area contributed by atoms with Gasteiger partial charge in [0, 0.05) is 5.56 Å².